The molecule has 0 unspecified atom stereocenters. The van der Waals surface area contributed by atoms with Gasteiger partial charge in [0.1, 0.15) is 0 Å². The SMILES string of the molecule is C=CCc1scc(C)c1C(=CC)CCCCC. The van der Waals surface area contributed by atoms with Crippen LogP contribution in [0.25, 0.3) is 5.57 Å². The van der Waals surface area contributed by atoms with Crippen LogP contribution in [-0.4, -0.2) is 0 Å². The van der Waals surface area contributed by atoms with Crippen LogP contribution in [0.3, 0.4) is 0 Å². The smallest absolute Gasteiger partial charge is 0.0160 e. The zero-order valence-electron chi connectivity index (χ0n) is 11.4. The molecule has 0 saturated carbocycles. The highest BCUT2D eigenvalue weighted by molar-refractivity contribution is 7.10. The van der Waals surface area contributed by atoms with E-state index in [9.17, 15) is 0 Å². The predicted octanol–water partition coefficient (Wildman–Crippen LogP) is 5.77. The van der Waals surface area contributed by atoms with Crippen molar-refractivity contribution in [1.29, 1.82) is 0 Å². The Bertz CT molecular complexity index is 382. The Labute approximate surface area is 110 Å². The van der Waals surface area contributed by atoms with E-state index in [4.69, 9.17) is 0 Å². The minimum atomic E-state index is 0.999. The van der Waals surface area contributed by atoms with Crippen LogP contribution in [0.1, 0.15) is 55.5 Å². The van der Waals surface area contributed by atoms with E-state index in [2.05, 4.69) is 38.8 Å². The van der Waals surface area contributed by atoms with Crippen molar-refractivity contribution in [3.8, 4) is 0 Å². The molecule has 0 N–H and O–H groups in total. The van der Waals surface area contributed by atoms with Crippen molar-refractivity contribution in [2.75, 3.05) is 0 Å². The Morgan fingerprint density at radius 3 is 2.76 bits per heavy atom. The fourth-order valence-electron chi connectivity index (χ4n) is 2.19. The molecule has 0 aliphatic rings. The lowest BCUT2D eigenvalue weighted by Gasteiger charge is -2.09. The van der Waals surface area contributed by atoms with E-state index in [1.54, 1.807) is 0 Å². The molecule has 0 amide bonds. The van der Waals surface area contributed by atoms with Gasteiger partial charge >= 0.3 is 0 Å². The average Bonchev–Trinajstić information content (AvgIpc) is 2.68. The molecule has 0 aromatic carbocycles. The van der Waals surface area contributed by atoms with E-state index in [0.29, 0.717) is 0 Å². The first-order valence-electron chi connectivity index (χ1n) is 6.58. The van der Waals surface area contributed by atoms with Gasteiger partial charge in [0.05, 0.1) is 0 Å². The van der Waals surface area contributed by atoms with Crippen molar-refractivity contribution in [2.45, 2.75) is 52.9 Å². The van der Waals surface area contributed by atoms with Gasteiger partial charge in [0.15, 0.2) is 0 Å². The van der Waals surface area contributed by atoms with Crippen molar-refractivity contribution in [3.63, 3.8) is 0 Å². The summed E-state index contributed by atoms with van der Waals surface area (Å²) < 4.78 is 0. The fraction of sp³-hybridized carbons (Fsp3) is 0.500. The number of thiophene rings is 1. The van der Waals surface area contributed by atoms with Gasteiger partial charge in [-0.3, -0.25) is 0 Å². The molecule has 0 bridgehead atoms. The van der Waals surface area contributed by atoms with Crippen LogP contribution < -0.4 is 0 Å². The third-order valence-electron chi connectivity index (χ3n) is 3.10. The molecule has 0 radical (unpaired) electrons. The quantitative estimate of drug-likeness (QED) is 0.424. The lowest BCUT2D eigenvalue weighted by molar-refractivity contribution is 0.735. The number of allylic oxidation sites excluding steroid dienone is 3. The normalized spacial score (nSPS) is 11.8. The second-order valence-corrected chi connectivity index (χ2v) is 5.44. The summed E-state index contributed by atoms with van der Waals surface area (Å²) in [5.74, 6) is 0. The van der Waals surface area contributed by atoms with Gasteiger partial charge in [0.25, 0.3) is 0 Å². The third kappa shape index (κ3) is 3.85. The van der Waals surface area contributed by atoms with E-state index in [1.807, 2.05) is 17.4 Å². The average molecular weight is 248 g/mol. The predicted molar refractivity (Wildman–Crippen MR) is 80.8 cm³/mol. The first-order valence-corrected chi connectivity index (χ1v) is 7.45. The van der Waals surface area contributed by atoms with Crippen LogP contribution in [0.5, 0.6) is 0 Å². The second kappa shape index (κ2) is 7.50. The highest BCUT2D eigenvalue weighted by atomic mass is 32.1. The van der Waals surface area contributed by atoms with E-state index in [1.165, 1.54) is 47.3 Å². The number of aryl methyl sites for hydroxylation is 1. The maximum Gasteiger partial charge on any atom is 0.0160 e. The Morgan fingerprint density at radius 1 is 1.41 bits per heavy atom. The molecule has 0 spiro atoms. The summed E-state index contributed by atoms with van der Waals surface area (Å²) in [6.45, 7) is 10.5. The zero-order valence-corrected chi connectivity index (χ0v) is 12.2. The molecule has 1 heterocycles. The first kappa shape index (κ1) is 14.2. The van der Waals surface area contributed by atoms with Crippen LogP contribution >= 0.6 is 11.3 Å². The Balaban J connectivity index is 2.87. The summed E-state index contributed by atoms with van der Waals surface area (Å²) in [5.41, 5.74) is 4.44. The molecule has 1 rings (SSSR count). The minimum absolute atomic E-state index is 0.999. The van der Waals surface area contributed by atoms with Crippen molar-refractivity contribution < 1.29 is 0 Å². The molecule has 0 aliphatic heterocycles. The van der Waals surface area contributed by atoms with Gasteiger partial charge in [-0.2, -0.15) is 0 Å². The van der Waals surface area contributed by atoms with Crippen molar-refractivity contribution in [2.24, 2.45) is 0 Å². The van der Waals surface area contributed by atoms with Crippen LogP contribution in [0.15, 0.2) is 24.1 Å². The summed E-state index contributed by atoms with van der Waals surface area (Å²) in [6.07, 6.45) is 10.4. The van der Waals surface area contributed by atoms with Gasteiger partial charge in [-0.1, -0.05) is 31.9 Å². The highest BCUT2D eigenvalue weighted by Gasteiger charge is 2.11. The van der Waals surface area contributed by atoms with Crippen molar-refractivity contribution in [3.05, 3.63) is 40.1 Å². The summed E-state index contributed by atoms with van der Waals surface area (Å²) >= 11 is 1.87. The first-order chi connectivity index (χ1) is 8.24. The number of unbranched alkanes of at least 4 members (excludes halogenated alkanes) is 2. The van der Waals surface area contributed by atoms with Crippen LogP contribution in [0.2, 0.25) is 0 Å². The molecule has 0 fully saturated rings. The molecule has 94 valence electrons. The summed E-state index contributed by atoms with van der Waals surface area (Å²) in [6, 6.07) is 0. The van der Waals surface area contributed by atoms with Crippen LogP contribution in [0.4, 0.5) is 0 Å². The number of rotatable bonds is 7. The van der Waals surface area contributed by atoms with Gasteiger partial charge in [-0.25, -0.2) is 0 Å². The van der Waals surface area contributed by atoms with Crippen molar-refractivity contribution in [1.82, 2.24) is 0 Å². The fourth-order valence-corrected chi connectivity index (χ4v) is 3.25. The lowest BCUT2D eigenvalue weighted by Crippen LogP contribution is -1.91. The van der Waals surface area contributed by atoms with E-state index >= 15 is 0 Å². The van der Waals surface area contributed by atoms with Crippen LogP contribution in [-0.2, 0) is 6.42 Å². The lowest BCUT2D eigenvalue weighted by atomic mass is 9.96. The van der Waals surface area contributed by atoms with Gasteiger partial charge in [0, 0.05) is 11.3 Å². The third-order valence-corrected chi connectivity index (χ3v) is 4.23. The van der Waals surface area contributed by atoms with Gasteiger partial charge < -0.3 is 0 Å². The number of hydrogen-bond acceptors (Lipinski definition) is 1. The molecule has 0 nitrogen and oxygen atoms in total. The largest absolute Gasteiger partial charge is 0.148 e. The highest BCUT2D eigenvalue weighted by Crippen LogP contribution is 2.32. The topological polar surface area (TPSA) is 0 Å². The molecule has 0 saturated heterocycles. The van der Waals surface area contributed by atoms with Gasteiger partial charge in [-0.05, 0) is 48.8 Å². The van der Waals surface area contributed by atoms with Crippen molar-refractivity contribution >= 4 is 16.9 Å². The summed E-state index contributed by atoms with van der Waals surface area (Å²) in [5, 5.41) is 2.28. The molecular formula is C16H24S. The molecule has 1 aromatic rings. The van der Waals surface area contributed by atoms with E-state index in [-0.39, 0.29) is 0 Å². The molecule has 1 heteroatoms. The van der Waals surface area contributed by atoms with Gasteiger partial charge in [-0.15, -0.1) is 17.9 Å². The molecular weight excluding hydrogens is 224 g/mol. The molecule has 1 aromatic heterocycles. The Morgan fingerprint density at radius 2 is 2.18 bits per heavy atom. The molecule has 0 aliphatic carbocycles. The maximum atomic E-state index is 3.85. The van der Waals surface area contributed by atoms with E-state index < -0.39 is 0 Å². The van der Waals surface area contributed by atoms with Gasteiger partial charge in [0.2, 0.25) is 0 Å². The molecule has 17 heavy (non-hydrogen) atoms. The minimum Gasteiger partial charge on any atom is -0.148 e. The monoisotopic (exact) mass is 248 g/mol. The zero-order chi connectivity index (χ0) is 12.7. The second-order valence-electron chi connectivity index (χ2n) is 4.48. The maximum absolute atomic E-state index is 3.85. The number of hydrogen-bond donors (Lipinski definition) is 0. The molecule has 0 atom stereocenters. The standard InChI is InChI=1S/C16H24S/c1-5-8-9-11-14(7-3)16-13(4)12-17-15(16)10-6-2/h6-7,12H,2,5,8-11H2,1,3-4H3. The Kier molecular flexibility index (Phi) is 6.28. The summed E-state index contributed by atoms with van der Waals surface area (Å²) in [7, 11) is 0. The van der Waals surface area contributed by atoms with Crippen LogP contribution in [0, 0.1) is 6.92 Å². The summed E-state index contributed by atoms with van der Waals surface area (Å²) in [4.78, 5) is 1.47. The Hall–Kier alpha value is -0.820. The van der Waals surface area contributed by atoms with E-state index in [0.717, 1.165) is 6.42 Å².